The first-order valence-corrected chi connectivity index (χ1v) is 7.35. The molecule has 1 aliphatic rings. The molecule has 1 rings (SSSR count). The minimum atomic E-state index is -2.94. The van der Waals surface area contributed by atoms with E-state index in [2.05, 4.69) is 6.92 Å². The van der Waals surface area contributed by atoms with Crippen molar-refractivity contribution in [3.05, 3.63) is 0 Å². The van der Waals surface area contributed by atoms with Crippen molar-refractivity contribution in [1.82, 2.24) is 4.31 Å². The Morgan fingerprint density at radius 1 is 1.46 bits per heavy atom. The van der Waals surface area contributed by atoms with Crippen molar-refractivity contribution in [3.8, 4) is 0 Å². The van der Waals surface area contributed by atoms with E-state index < -0.39 is 10.0 Å². The van der Waals surface area contributed by atoms with Crippen molar-refractivity contribution < 1.29 is 8.42 Å². The average molecular weight is 223 g/mol. The van der Waals surface area contributed by atoms with Crippen molar-refractivity contribution in [2.24, 2.45) is 0 Å². The second kappa shape index (κ2) is 4.66. The molecule has 13 heavy (non-hydrogen) atoms. The van der Waals surface area contributed by atoms with Crippen LogP contribution in [0.25, 0.3) is 0 Å². The molecule has 1 unspecified atom stereocenters. The summed E-state index contributed by atoms with van der Waals surface area (Å²) < 4.78 is 24.7. The fourth-order valence-corrected chi connectivity index (χ4v) is 3.91. The highest BCUT2D eigenvalue weighted by atomic mass is 32.2. The summed E-state index contributed by atoms with van der Waals surface area (Å²) in [7, 11) is -2.94. The molecular weight excluding hydrogens is 206 g/mol. The van der Waals surface area contributed by atoms with Gasteiger partial charge in [-0.05, 0) is 13.3 Å². The predicted octanol–water partition coefficient (Wildman–Crippen LogP) is 1.16. The zero-order valence-electron chi connectivity index (χ0n) is 8.19. The fraction of sp³-hybridized carbons (Fsp3) is 1.00. The lowest BCUT2D eigenvalue weighted by molar-refractivity contribution is 0.417. The molecule has 1 aliphatic heterocycles. The molecule has 0 radical (unpaired) electrons. The van der Waals surface area contributed by atoms with E-state index in [0.717, 1.165) is 12.2 Å². The zero-order valence-corrected chi connectivity index (χ0v) is 9.83. The Morgan fingerprint density at radius 2 is 2.15 bits per heavy atom. The van der Waals surface area contributed by atoms with Crippen LogP contribution in [-0.2, 0) is 10.0 Å². The molecule has 1 saturated heterocycles. The smallest absolute Gasteiger partial charge is 0.212 e. The van der Waals surface area contributed by atoms with Gasteiger partial charge in [0.15, 0.2) is 0 Å². The first-order chi connectivity index (χ1) is 6.10. The summed E-state index contributed by atoms with van der Waals surface area (Å²) in [5.41, 5.74) is 0. The van der Waals surface area contributed by atoms with Crippen molar-refractivity contribution in [3.63, 3.8) is 0 Å². The largest absolute Gasteiger partial charge is 0.213 e. The zero-order chi connectivity index (χ0) is 9.90. The highest BCUT2D eigenvalue weighted by molar-refractivity contribution is 8.00. The van der Waals surface area contributed by atoms with Gasteiger partial charge in [0.05, 0.1) is 5.75 Å². The van der Waals surface area contributed by atoms with Gasteiger partial charge >= 0.3 is 0 Å². The molecule has 0 aliphatic carbocycles. The number of nitrogens with zero attached hydrogens (tertiary/aromatic N) is 1. The molecule has 0 aromatic heterocycles. The van der Waals surface area contributed by atoms with Crippen LogP contribution in [0.2, 0.25) is 0 Å². The monoisotopic (exact) mass is 223 g/mol. The van der Waals surface area contributed by atoms with E-state index in [1.165, 1.54) is 0 Å². The molecule has 0 aromatic carbocycles. The van der Waals surface area contributed by atoms with Crippen LogP contribution in [0, 0.1) is 0 Å². The number of sulfonamides is 1. The van der Waals surface area contributed by atoms with Gasteiger partial charge in [-0.2, -0.15) is 11.8 Å². The third-order valence-electron chi connectivity index (χ3n) is 2.32. The third kappa shape index (κ3) is 2.86. The summed E-state index contributed by atoms with van der Waals surface area (Å²) >= 11 is 1.89. The maximum Gasteiger partial charge on any atom is 0.213 e. The second-order valence-corrected chi connectivity index (χ2v) is 6.83. The van der Waals surface area contributed by atoms with E-state index in [4.69, 9.17) is 0 Å². The Labute approximate surface area is 84.9 Å². The molecular formula is C8H17NO2S2. The first kappa shape index (κ1) is 11.3. The highest BCUT2D eigenvalue weighted by Gasteiger charge is 2.26. The van der Waals surface area contributed by atoms with E-state index in [9.17, 15) is 8.42 Å². The van der Waals surface area contributed by atoms with Gasteiger partial charge in [0.2, 0.25) is 10.0 Å². The van der Waals surface area contributed by atoms with Crippen LogP contribution in [-0.4, -0.2) is 42.6 Å². The second-order valence-electron chi connectivity index (χ2n) is 3.16. The average Bonchev–Trinajstić information content (AvgIpc) is 2.18. The summed E-state index contributed by atoms with van der Waals surface area (Å²) in [5, 5.41) is 0.495. The molecule has 1 heterocycles. The fourth-order valence-electron chi connectivity index (χ4n) is 1.37. The lowest BCUT2D eigenvalue weighted by Gasteiger charge is -2.30. The van der Waals surface area contributed by atoms with Gasteiger partial charge in [-0.15, -0.1) is 0 Å². The minimum Gasteiger partial charge on any atom is -0.212 e. The van der Waals surface area contributed by atoms with Crippen molar-refractivity contribution in [2.75, 3.05) is 24.6 Å². The van der Waals surface area contributed by atoms with Gasteiger partial charge in [-0.3, -0.25) is 0 Å². The van der Waals surface area contributed by atoms with Gasteiger partial charge in [0.1, 0.15) is 0 Å². The molecule has 0 aromatic rings. The van der Waals surface area contributed by atoms with E-state index >= 15 is 0 Å². The normalized spacial score (nSPS) is 26.2. The maximum atomic E-state index is 11.5. The maximum absolute atomic E-state index is 11.5. The summed E-state index contributed by atoms with van der Waals surface area (Å²) in [6.07, 6.45) is 1.06. The molecule has 78 valence electrons. The van der Waals surface area contributed by atoms with E-state index in [-0.39, 0.29) is 5.75 Å². The van der Waals surface area contributed by atoms with Gasteiger partial charge in [-0.25, -0.2) is 12.7 Å². The molecule has 0 amide bonds. The lowest BCUT2D eigenvalue weighted by atomic mass is 10.3. The highest BCUT2D eigenvalue weighted by Crippen LogP contribution is 2.22. The molecule has 1 fully saturated rings. The SMILES string of the molecule is CCC1CN(S(=O)(=O)CC)CCS1. The van der Waals surface area contributed by atoms with Gasteiger partial charge in [-0.1, -0.05) is 6.92 Å². The Kier molecular flexibility index (Phi) is 4.06. The molecule has 0 saturated carbocycles. The Balaban J connectivity index is 2.61. The first-order valence-electron chi connectivity index (χ1n) is 4.69. The summed E-state index contributed by atoms with van der Waals surface area (Å²) in [6, 6.07) is 0. The van der Waals surface area contributed by atoms with Crippen molar-refractivity contribution >= 4 is 21.8 Å². The Morgan fingerprint density at radius 3 is 2.69 bits per heavy atom. The van der Waals surface area contributed by atoms with Crippen molar-refractivity contribution in [2.45, 2.75) is 25.5 Å². The van der Waals surface area contributed by atoms with Crippen LogP contribution in [0.5, 0.6) is 0 Å². The predicted molar refractivity (Wildman–Crippen MR) is 57.6 cm³/mol. The standard InChI is InChI=1S/C8H17NO2S2/c1-3-8-7-9(5-6-12-8)13(10,11)4-2/h8H,3-7H2,1-2H3. The molecule has 1 atom stereocenters. The Hall–Kier alpha value is 0.260. The molecule has 0 bridgehead atoms. The number of hydrogen-bond acceptors (Lipinski definition) is 3. The summed E-state index contributed by atoms with van der Waals surface area (Å²) in [4.78, 5) is 0. The quantitative estimate of drug-likeness (QED) is 0.720. The molecule has 0 spiro atoms. The number of rotatable bonds is 3. The summed E-state index contributed by atoms with van der Waals surface area (Å²) in [6.45, 7) is 5.21. The van der Waals surface area contributed by atoms with Crippen LogP contribution >= 0.6 is 11.8 Å². The van der Waals surface area contributed by atoms with E-state index in [1.807, 2.05) is 11.8 Å². The van der Waals surface area contributed by atoms with E-state index in [0.29, 0.717) is 18.3 Å². The molecule has 3 nitrogen and oxygen atoms in total. The van der Waals surface area contributed by atoms with E-state index in [1.54, 1.807) is 11.2 Å². The van der Waals surface area contributed by atoms with Gasteiger partial charge < -0.3 is 0 Å². The Bertz CT molecular complexity index is 251. The van der Waals surface area contributed by atoms with Gasteiger partial charge in [0, 0.05) is 24.1 Å². The minimum absolute atomic E-state index is 0.230. The van der Waals surface area contributed by atoms with Crippen LogP contribution in [0.1, 0.15) is 20.3 Å². The number of hydrogen-bond donors (Lipinski definition) is 0. The van der Waals surface area contributed by atoms with Crippen molar-refractivity contribution in [1.29, 1.82) is 0 Å². The van der Waals surface area contributed by atoms with Crippen LogP contribution in [0.4, 0.5) is 0 Å². The van der Waals surface area contributed by atoms with Gasteiger partial charge in [0.25, 0.3) is 0 Å². The molecule has 0 N–H and O–H groups in total. The van der Waals surface area contributed by atoms with Crippen LogP contribution in [0.15, 0.2) is 0 Å². The lowest BCUT2D eigenvalue weighted by Crippen LogP contribution is -2.42. The summed E-state index contributed by atoms with van der Waals surface area (Å²) in [5.74, 6) is 1.17. The van der Waals surface area contributed by atoms with Crippen LogP contribution in [0.3, 0.4) is 0 Å². The number of thioether (sulfide) groups is 1. The van der Waals surface area contributed by atoms with Crippen LogP contribution < -0.4 is 0 Å². The third-order valence-corrected chi connectivity index (χ3v) is 5.54. The molecule has 5 heteroatoms. The topological polar surface area (TPSA) is 37.4 Å².